The molecule has 53 heavy (non-hydrogen) atoms. The van der Waals surface area contributed by atoms with Crippen LogP contribution in [0.5, 0.6) is 0 Å². The molecule has 0 aliphatic rings. The van der Waals surface area contributed by atoms with Gasteiger partial charge in [0.2, 0.25) is 5.91 Å². The summed E-state index contributed by atoms with van der Waals surface area (Å²) >= 11 is 0. The summed E-state index contributed by atoms with van der Waals surface area (Å²) < 4.78 is 23.5. The number of quaternary nitrogens is 1. The number of amides is 1. The molecule has 0 aliphatic heterocycles. The minimum absolute atomic E-state index is 0.0579. The van der Waals surface area contributed by atoms with Crippen LogP contribution in [0.4, 0.5) is 0 Å². The summed E-state index contributed by atoms with van der Waals surface area (Å²) in [5.41, 5.74) is 0. The van der Waals surface area contributed by atoms with Crippen LogP contribution >= 0.6 is 7.82 Å². The summed E-state index contributed by atoms with van der Waals surface area (Å²) in [6.45, 7) is 4.76. The molecule has 0 saturated heterocycles. The fourth-order valence-electron chi connectivity index (χ4n) is 6.35. The number of likely N-dealkylation sites (N-methyl/N-ethyl adjacent to an activating group) is 1. The number of nitrogens with zero attached hydrogens (tertiary/aromatic N) is 1. The standard InChI is InChI=1S/C44H87N2O6P/c1-6-8-10-12-14-16-18-19-20-21-22-23-24-25-26-27-28-30-32-34-36-38-44(48)45-42(41-52-53(49,50)51-40-39-46(3,4)5)43(47)37-35-33-31-29-17-15-13-11-9-7-2/h17,29,35,37,42-43,47H,6-16,18-28,30-34,36,38-41H2,1-5H3,(H-,45,48,49,50)/p+1/b29-17+,37-35+/t42-,43+/m0/s1. The second-order valence-electron chi connectivity index (χ2n) is 16.4. The van der Waals surface area contributed by atoms with Crippen molar-refractivity contribution in [3.8, 4) is 0 Å². The van der Waals surface area contributed by atoms with Gasteiger partial charge in [0, 0.05) is 6.42 Å². The molecule has 0 spiro atoms. The molecule has 0 saturated carbocycles. The zero-order valence-corrected chi connectivity index (χ0v) is 36.4. The minimum atomic E-state index is -4.34. The van der Waals surface area contributed by atoms with E-state index in [0.717, 1.165) is 38.5 Å². The van der Waals surface area contributed by atoms with Crippen molar-refractivity contribution >= 4 is 13.7 Å². The van der Waals surface area contributed by atoms with Gasteiger partial charge in [0.05, 0.1) is 39.9 Å². The first kappa shape index (κ1) is 52.0. The van der Waals surface area contributed by atoms with Gasteiger partial charge in [-0.05, 0) is 32.1 Å². The first-order valence-electron chi connectivity index (χ1n) is 22.2. The molecule has 0 aromatic heterocycles. The van der Waals surface area contributed by atoms with Gasteiger partial charge in [-0.15, -0.1) is 0 Å². The monoisotopic (exact) mass is 772 g/mol. The van der Waals surface area contributed by atoms with Crippen molar-refractivity contribution in [2.24, 2.45) is 0 Å². The Morgan fingerprint density at radius 3 is 1.51 bits per heavy atom. The number of hydrogen-bond acceptors (Lipinski definition) is 5. The summed E-state index contributed by atoms with van der Waals surface area (Å²) in [6, 6.07) is -0.856. The Morgan fingerprint density at radius 2 is 1.04 bits per heavy atom. The van der Waals surface area contributed by atoms with Gasteiger partial charge >= 0.3 is 7.82 Å². The van der Waals surface area contributed by atoms with Crippen LogP contribution in [0.25, 0.3) is 0 Å². The SMILES string of the molecule is CCCCCC/C=C/CC/C=C/[C@@H](O)[C@H](COP(=O)(O)OCC[N+](C)(C)C)NC(=O)CCCCCCCCCCCCCCCCCCCCCCC. The summed E-state index contributed by atoms with van der Waals surface area (Å²) in [6.07, 6.45) is 42.6. The predicted octanol–water partition coefficient (Wildman–Crippen LogP) is 12.1. The van der Waals surface area contributed by atoms with Crippen LogP contribution in [0, 0.1) is 0 Å². The molecule has 3 atom stereocenters. The van der Waals surface area contributed by atoms with Crippen molar-refractivity contribution in [2.45, 2.75) is 212 Å². The lowest BCUT2D eigenvalue weighted by Crippen LogP contribution is -2.45. The number of phosphoric acid groups is 1. The van der Waals surface area contributed by atoms with Gasteiger partial charge in [0.1, 0.15) is 13.2 Å². The van der Waals surface area contributed by atoms with Crippen molar-refractivity contribution in [2.75, 3.05) is 40.9 Å². The highest BCUT2D eigenvalue weighted by atomic mass is 31.2. The Kier molecular flexibility index (Phi) is 35.9. The van der Waals surface area contributed by atoms with Crippen molar-refractivity contribution < 1.29 is 32.9 Å². The van der Waals surface area contributed by atoms with E-state index < -0.39 is 20.0 Å². The second-order valence-corrected chi connectivity index (χ2v) is 17.9. The number of nitrogens with one attached hydrogen (secondary N) is 1. The molecule has 0 rings (SSSR count). The summed E-state index contributed by atoms with van der Waals surface area (Å²) in [5.74, 6) is -0.186. The van der Waals surface area contributed by atoms with E-state index >= 15 is 0 Å². The van der Waals surface area contributed by atoms with Crippen molar-refractivity contribution in [1.82, 2.24) is 5.32 Å². The molecular weight excluding hydrogens is 683 g/mol. The molecule has 1 unspecified atom stereocenters. The number of aliphatic hydroxyl groups excluding tert-OH is 1. The molecule has 0 radical (unpaired) electrons. The van der Waals surface area contributed by atoms with E-state index in [-0.39, 0.29) is 19.1 Å². The van der Waals surface area contributed by atoms with E-state index in [4.69, 9.17) is 9.05 Å². The number of rotatable bonds is 40. The number of phosphoric ester groups is 1. The number of aliphatic hydroxyl groups is 1. The van der Waals surface area contributed by atoms with Crippen LogP contribution in [-0.4, -0.2) is 73.4 Å². The molecule has 0 aliphatic carbocycles. The third-order valence-corrected chi connectivity index (χ3v) is 10.9. The second kappa shape index (κ2) is 36.6. The normalized spacial score (nSPS) is 14.6. The van der Waals surface area contributed by atoms with Gasteiger partial charge in [0.15, 0.2) is 0 Å². The summed E-state index contributed by atoms with van der Waals surface area (Å²) in [5, 5.41) is 13.7. The maximum absolute atomic E-state index is 12.8. The van der Waals surface area contributed by atoms with Gasteiger partial charge in [-0.2, -0.15) is 0 Å². The highest BCUT2D eigenvalue weighted by Gasteiger charge is 2.27. The third-order valence-electron chi connectivity index (χ3n) is 9.92. The third kappa shape index (κ3) is 39.0. The zero-order valence-electron chi connectivity index (χ0n) is 35.5. The Morgan fingerprint density at radius 1 is 0.623 bits per heavy atom. The van der Waals surface area contributed by atoms with Crippen LogP contribution in [-0.2, 0) is 18.4 Å². The fraction of sp³-hybridized carbons (Fsp3) is 0.886. The lowest BCUT2D eigenvalue weighted by atomic mass is 10.0. The van der Waals surface area contributed by atoms with Gasteiger partial charge in [-0.1, -0.05) is 186 Å². The Labute approximate surface area is 328 Å². The number of hydrogen-bond donors (Lipinski definition) is 3. The Hall–Kier alpha value is -1.02. The van der Waals surface area contributed by atoms with Crippen LogP contribution < -0.4 is 5.32 Å². The molecule has 1 amide bonds. The molecule has 9 heteroatoms. The quantitative estimate of drug-likeness (QED) is 0.0248. The van der Waals surface area contributed by atoms with Gasteiger partial charge in [0.25, 0.3) is 0 Å². The molecule has 0 bridgehead atoms. The van der Waals surface area contributed by atoms with Crippen molar-refractivity contribution in [3.63, 3.8) is 0 Å². The van der Waals surface area contributed by atoms with E-state index in [1.807, 2.05) is 27.2 Å². The largest absolute Gasteiger partial charge is 0.472 e. The zero-order chi connectivity index (χ0) is 39.3. The molecule has 8 nitrogen and oxygen atoms in total. The van der Waals surface area contributed by atoms with E-state index in [2.05, 4.69) is 31.3 Å². The maximum atomic E-state index is 12.8. The van der Waals surface area contributed by atoms with E-state index in [0.29, 0.717) is 17.4 Å². The topological polar surface area (TPSA) is 105 Å². The molecular formula is C44H88N2O6P+. The number of allylic oxidation sites excluding steroid dienone is 3. The van der Waals surface area contributed by atoms with E-state index in [9.17, 15) is 19.4 Å². The van der Waals surface area contributed by atoms with E-state index in [1.165, 1.54) is 141 Å². The lowest BCUT2D eigenvalue weighted by molar-refractivity contribution is -0.870. The maximum Gasteiger partial charge on any atom is 0.472 e. The first-order valence-corrected chi connectivity index (χ1v) is 23.7. The van der Waals surface area contributed by atoms with Crippen molar-refractivity contribution in [3.05, 3.63) is 24.3 Å². The smallest absolute Gasteiger partial charge is 0.387 e. The van der Waals surface area contributed by atoms with E-state index in [1.54, 1.807) is 6.08 Å². The molecule has 0 aromatic carbocycles. The average molecular weight is 772 g/mol. The highest BCUT2D eigenvalue weighted by Crippen LogP contribution is 2.43. The Bertz CT molecular complexity index is 922. The first-order chi connectivity index (χ1) is 25.5. The summed E-state index contributed by atoms with van der Waals surface area (Å²) in [4.78, 5) is 23.0. The molecule has 0 aromatic rings. The van der Waals surface area contributed by atoms with Gasteiger partial charge < -0.3 is 19.8 Å². The predicted molar refractivity (Wildman–Crippen MR) is 226 cm³/mol. The Balaban J connectivity index is 4.27. The number of carbonyl (C=O) groups excluding carboxylic acids is 1. The van der Waals surface area contributed by atoms with Crippen LogP contribution in [0.3, 0.4) is 0 Å². The molecule has 0 heterocycles. The average Bonchev–Trinajstić information content (AvgIpc) is 3.10. The molecule has 314 valence electrons. The number of unbranched alkanes of at least 4 members (excludes halogenated alkanes) is 25. The number of carbonyl (C=O) groups is 1. The van der Waals surface area contributed by atoms with Crippen LogP contribution in [0.2, 0.25) is 0 Å². The summed E-state index contributed by atoms with van der Waals surface area (Å²) in [7, 11) is 1.56. The van der Waals surface area contributed by atoms with Crippen LogP contribution in [0.1, 0.15) is 200 Å². The highest BCUT2D eigenvalue weighted by molar-refractivity contribution is 7.47. The van der Waals surface area contributed by atoms with Crippen LogP contribution in [0.15, 0.2) is 24.3 Å². The minimum Gasteiger partial charge on any atom is -0.387 e. The van der Waals surface area contributed by atoms with Gasteiger partial charge in [-0.3, -0.25) is 13.8 Å². The fourth-order valence-corrected chi connectivity index (χ4v) is 7.09. The molecule has 3 N–H and O–H groups in total. The van der Waals surface area contributed by atoms with Gasteiger partial charge in [-0.25, -0.2) is 4.57 Å². The molecule has 0 fully saturated rings. The van der Waals surface area contributed by atoms with Crippen molar-refractivity contribution in [1.29, 1.82) is 0 Å². The lowest BCUT2D eigenvalue weighted by Gasteiger charge is -2.25.